The van der Waals surface area contributed by atoms with Crippen molar-refractivity contribution < 1.29 is 4.92 Å². The Kier molecular flexibility index (Phi) is 4.63. The van der Waals surface area contributed by atoms with Crippen LogP contribution in [-0.4, -0.2) is 30.9 Å². The molecule has 0 saturated heterocycles. The van der Waals surface area contributed by atoms with Crippen molar-refractivity contribution in [1.29, 1.82) is 0 Å². The van der Waals surface area contributed by atoms with Crippen LogP contribution in [0.25, 0.3) is 22.1 Å². The van der Waals surface area contributed by atoms with Gasteiger partial charge in [0.1, 0.15) is 5.52 Å². The molecule has 9 nitrogen and oxygen atoms in total. The van der Waals surface area contributed by atoms with Crippen LogP contribution in [0.2, 0.25) is 0 Å². The molecule has 0 fully saturated rings. The van der Waals surface area contributed by atoms with E-state index >= 15 is 0 Å². The first kappa shape index (κ1) is 17.5. The standard InChI is InChI=1S/C19H17N7O2/c1-2-11-25-16-10-6-4-8-14(16)17-18(25)21-19(24-22-17)23-20-12-13-7-3-5-9-15(13)26(27)28/h3-10,12H,2,11H2,1H3,(H,21,23,24)/b20-12+. The number of hydrogen-bond donors (Lipinski definition) is 1. The van der Waals surface area contributed by atoms with Crippen molar-refractivity contribution in [2.45, 2.75) is 19.9 Å². The molecule has 0 radical (unpaired) electrons. The van der Waals surface area contributed by atoms with Crippen LogP contribution in [0, 0.1) is 10.1 Å². The van der Waals surface area contributed by atoms with Gasteiger partial charge in [-0.1, -0.05) is 37.3 Å². The Morgan fingerprint density at radius 2 is 1.96 bits per heavy atom. The first-order valence-electron chi connectivity index (χ1n) is 8.83. The van der Waals surface area contributed by atoms with Crippen molar-refractivity contribution in [3.63, 3.8) is 0 Å². The second-order valence-corrected chi connectivity index (χ2v) is 6.16. The van der Waals surface area contributed by atoms with E-state index in [-0.39, 0.29) is 11.6 Å². The summed E-state index contributed by atoms with van der Waals surface area (Å²) >= 11 is 0. The third-order valence-corrected chi connectivity index (χ3v) is 4.32. The smallest absolute Gasteiger partial charge is 0.278 e. The highest BCUT2D eigenvalue weighted by atomic mass is 16.6. The predicted octanol–water partition coefficient (Wildman–Crippen LogP) is 3.74. The number of nitrogens with one attached hydrogen (secondary N) is 1. The molecule has 4 rings (SSSR count). The first-order chi connectivity index (χ1) is 13.7. The lowest BCUT2D eigenvalue weighted by Gasteiger charge is -2.04. The van der Waals surface area contributed by atoms with Gasteiger partial charge in [0.05, 0.1) is 22.2 Å². The summed E-state index contributed by atoms with van der Waals surface area (Å²) in [6, 6.07) is 14.3. The summed E-state index contributed by atoms with van der Waals surface area (Å²) < 4.78 is 2.11. The average Bonchev–Trinajstić information content (AvgIpc) is 3.02. The first-order valence-corrected chi connectivity index (χ1v) is 8.83. The number of benzene rings is 2. The number of hydrazone groups is 1. The molecular formula is C19H17N7O2. The molecular weight excluding hydrogens is 358 g/mol. The second kappa shape index (κ2) is 7.39. The molecule has 2 heterocycles. The SMILES string of the molecule is CCCn1c2ccccc2c2nnc(N/N=C/c3ccccc3[N+](=O)[O-])nc21. The average molecular weight is 375 g/mol. The minimum atomic E-state index is -0.450. The molecule has 1 N–H and O–H groups in total. The molecule has 28 heavy (non-hydrogen) atoms. The van der Waals surface area contributed by atoms with Crippen molar-refractivity contribution in [2.75, 3.05) is 5.43 Å². The number of aryl methyl sites for hydroxylation is 1. The maximum atomic E-state index is 11.1. The highest BCUT2D eigenvalue weighted by Crippen LogP contribution is 2.26. The molecule has 4 aromatic rings. The number of hydrogen-bond acceptors (Lipinski definition) is 7. The minimum Gasteiger partial charge on any atom is -0.324 e. The largest absolute Gasteiger partial charge is 0.324 e. The van der Waals surface area contributed by atoms with E-state index in [0.29, 0.717) is 5.56 Å². The van der Waals surface area contributed by atoms with Crippen LogP contribution in [0.3, 0.4) is 0 Å². The van der Waals surface area contributed by atoms with E-state index in [1.807, 2.05) is 24.3 Å². The van der Waals surface area contributed by atoms with Crippen molar-refractivity contribution in [3.8, 4) is 0 Å². The summed E-state index contributed by atoms with van der Waals surface area (Å²) in [5, 5.41) is 24.5. The molecule has 0 spiro atoms. The van der Waals surface area contributed by atoms with Gasteiger partial charge in [-0.25, -0.2) is 5.43 Å². The molecule has 0 atom stereocenters. The summed E-state index contributed by atoms with van der Waals surface area (Å²) in [6.45, 7) is 2.91. The molecule has 2 aromatic heterocycles. The number of para-hydroxylation sites is 2. The minimum absolute atomic E-state index is 0.0226. The molecule has 0 saturated carbocycles. The maximum absolute atomic E-state index is 11.1. The summed E-state index contributed by atoms with van der Waals surface area (Å²) in [7, 11) is 0. The van der Waals surface area contributed by atoms with Crippen LogP contribution in [-0.2, 0) is 6.54 Å². The lowest BCUT2D eigenvalue weighted by molar-refractivity contribution is -0.385. The maximum Gasteiger partial charge on any atom is 0.278 e. The van der Waals surface area contributed by atoms with Crippen LogP contribution in [0.5, 0.6) is 0 Å². The van der Waals surface area contributed by atoms with Gasteiger partial charge in [0.25, 0.3) is 11.6 Å². The highest BCUT2D eigenvalue weighted by Gasteiger charge is 2.14. The molecule has 0 unspecified atom stereocenters. The van der Waals surface area contributed by atoms with Crippen molar-refractivity contribution in [1.82, 2.24) is 19.7 Å². The lowest BCUT2D eigenvalue weighted by Crippen LogP contribution is -2.03. The second-order valence-electron chi connectivity index (χ2n) is 6.16. The molecule has 0 bridgehead atoms. The Morgan fingerprint density at radius 3 is 2.79 bits per heavy atom. The quantitative estimate of drug-likeness (QED) is 0.312. The Bertz CT molecular complexity index is 1200. The van der Waals surface area contributed by atoms with Crippen LogP contribution >= 0.6 is 0 Å². The number of fused-ring (bicyclic) bond motifs is 3. The van der Waals surface area contributed by atoms with Gasteiger partial charge in [-0.05, 0) is 18.6 Å². The fraction of sp³-hybridized carbons (Fsp3) is 0.158. The summed E-state index contributed by atoms with van der Waals surface area (Å²) in [5.41, 5.74) is 5.59. The summed E-state index contributed by atoms with van der Waals surface area (Å²) in [4.78, 5) is 15.2. The number of nitro benzene ring substituents is 1. The molecule has 0 aliphatic heterocycles. The van der Waals surface area contributed by atoms with Gasteiger partial charge in [0, 0.05) is 18.0 Å². The Labute approximate surface area is 159 Å². The van der Waals surface area contributed by atoms with E-state index in [1.54, 1.807) is 18.2 Å². The number of aromatic nitrogens is 4. The number of nitrogens with zero attached hydrogens (tertiary/aromatic N) is 6. The van der Waals surface area contributed by atoms with E-state index in [2.05, 4.69) is 37.2 Å². The lowest BCUT2D eigenvalue weighted by atomic mass is 10.2. The fourth-order valence-electron chi connectivity index (χ4n) is 3.12. The van der Waals surface area contributed by atoms with Gasteiger partial charge in [-0.15, -0.1) is 10.2 Å². The van der Waals surface area contributed by atoms with E-state index in [1.165, 1.54) is 12.3 Å². The van der Waals surface area contributed by atoms with Gasteiger partial charge < -0.3 is 4.57 Å². The third-order valence-electron chi connectivity index (χ3n) is 4.32. The van der Waals surface area contributed by atoms with Crippen LogP contribution in [0.4, 0.5) is 11.6 Å². The van der Waals surface area contributed by atoms with E-state index in [0.717, 1.165) is 35.0 Å². The van der Waals surface area contributed by atoms with Crippen LogP contribution in [0.15, 0.2) is 53.6 Å². The molecule has 0 aliphatic carbocycles. The van der Waals surface area contributed by atoms with Crippen molar-refractivity contribution in [3.05, 3.63) is 64.2 Å². The molecule has 9 heteroatoms. The van der Waals surface area contributed by atoms with Crippen molar-refractivity contribution >= 4 is 39.9 Å². The Balaban J connectivity index is 1.68. The van der Waals surface area contributed by atoms with Gasteiger partial charge >= 0.3 is 0 Å². The topological polar surface area (TPSA) is 111 Å². The van der Waals surface area contributed by atoms with E-state index in [9.17, 15) is 10.1 Å². The van der Waals surface area contributed by atoms with Crippen molar-refractivity contribution in [2.24, 2.45) is 5.10 Å². The van der Waals surface area contributed by atoms with Gasteiger partial charge in [0.15, 0.2) is 5.65 Å². The van der Waals surface area contributed by atoms with Crippen LogP contribution < -0.4 is 5.43 Å². The normalized spacial score (nSPS) is 11.5. The predicted molar refractivity (Wildman–Crippen MR) is 107 cm³/mol. The number of rotatable bonds is 6. The zero-order valence-corrected chi connectivity index (χ0v) is 15.1. The fourth-order valence-corrected chi connectivity index (χ4v) is 3.12. The van der Waals surface area contributed by atoms with Gasteiger partial charge in [-0.3, -0.25) is 10.1 Å². The number of nitro groups is 1. The molecule has 140 valence electrons. The van der Waals surface area contributed by atoms with Gasteiger partial charge in [0.2, 0.25) is 0 Å². The zero-order chi connectivity index (χ0) is 19.5. The summed E-state index contributed by atoms with van der Waals surface area (Å²) in [6.07, 6.45) is 2.32. The third kappa shape index (κ3) is 3.13. The van der Waals surface area contributed by atoms with E-state index in [4.69, 9.17) is 0 Å². The monoisotopic (exact) mass is 375 g/mol. The Morgan fingerprint density at radius 1 is 1.18 bits per heavy atom. The Hall–Kier alpha value is -3.88. The van der Waals surface area contributed by atoms with Gasteiger partial charge in [-0.2, -0.15) is 10.1 Å². The summed E-state index contributed by atoms with van der Waals surface area (Å²) in [5.74, 6) is 0.225. The highest BCUT2D eigenvalue weighted by molar-refractivity contribution is 6.04. The van der Waals surface area contributed by atoms with Crippen LogP contribution in [0.1, 0.15) is 18.9 Å². The molecule has 0 aliphatic rings. The number of anilines is 1. The molecule has 0 amide bonds. The molecule has 2 aromatic carbocycles. The zero-order valence-electron chi connectivity index (χ0n) is 15.1. The van der Waals surface area contributed by atoms with E-state index < -0.39 is 4.92 Å².